The molecule has 1 unspecified atom stereocenters. The minimum absolute atomic E-state index is 0.187. The van der Waals surface area contributed by atoms with Crippen molar-refractivity contribution in [3.8, 4) is 12.3 Å². The molecular formula is C15H21N3O. The van der Waals surface area contributed by atoms with Crippen molar-refractivity contribution in [3.63, 3.8) is 0 Å². The Balaban J connectivity index is 2.84. The molecule has 1 amide bonds. The molecule has 0 bridgehead atoms. The van der Waals surface area contributed by atoms with Crippen LogP contribution in [0.15, 0.2) is 18.2 Å². The van der Waals surface area contributed by atoms with Gasteiger partial charge in [-0.1, -0.05) is 19.3 Å². The zero-order chi connectivity index (χ0) is 14.4. The highest BCUT2D eigenvalue weighted by Gasteiger charge is 2.12. The van der Waals surface area contributed by atoms with Gasteiger partial charge in [0.1, 0.15) is 0 Å². The molecule has 0 spiro atoms. The molecule has 0 saturated carbocycles. The number of amides is 1. The highest BCUT2D eigenvalue weighted by atomic mass is 16.1. The summed E-state index contributed by atoms with van der Waals surface area (Å²) in [6.45, 7) is 2.03. The van der Waals surface area contributed by atoms with Gasteiger partial charge in [0.25, 0.3) is 5.91 Å². The Bertz CT molecular complexity index is 489. The summed E-state index contributed by atoms with van der Waals surface area (Å²) in [5.74, 6) is 2.39. The smallest absolute Gasteiger partial charge is 0.252 e. The molecule has 0 radical (unpaired) electrons. The van der Waals surface area contributed by atoms with Crippen LogP contribution < -0.4 is 16.0 Å². The summed E-state index contributed by atoms with van der Waals surface area (Å²) >= 11 is 0. The van der Waals surface area contributed by atoms with E-state index in [1.807, 2.05) is 32.0 Å². The van der Waals surface area contributed by atoms with Crippen LogP contribution in [0.4, 0.5) is 11.4 Å². The number of anilines is 2. The largest absolute Gasteiger partial charge is 0.397 e. The zero-order valence-electron chi connectivity index (χ0n) is 11.7. The van der Waals surface area contributed by atoms with E-state index >= 15 is 0 Å². The number of nitrogens with zero attached hydrogens (tertiary/aromatic N) is 1. The molecule has 1 aromatic rings. The molecule has 19 heavy (non-hydrogen) atoms. The number of terminal acetylenes is 1. The fourth-order valence-corrected chi connectivity index (χ4v) is 1.83. The first-order valence-electron chi connectivity index (χ1n) is 6.33. The number of hydrogen-bond donors (Lipinski definition) is 2. The van der Waals surface area contributed by atoms with Gasteiger partial charge in [-0.25, -0.2) is 0 Å². The Labute approximate surface area is 115 Å². The molecule has 1 rings (SSSR count). The Morgan fingerprint density at radius 3 is 2.68 bits per heavy atom. The molecule has 0 saturated heterocycles. The van der Waals surface area contributed by atoms with Crippen molar-refractivity contribution in [2.45, 2.75) is 25.8 Å². The normalized spacial score (nSPS) is 11.5. The number of carbonyl (C=O) groups excluding carboxylic acids is 1. The quantitative estimate of drug-likeness (QED) is 0.627. The van der Waals surface area contributed by atoms with Crippen LogP contribution in [0.3, 0.4) is 0 Å². The molecule has 0 heterocycles. The topological polar surface area (TPSA) is 58.4 Å². The van der Waals surface area contributed by atoms with Crippen LogP contribution in [0.2, 0.25) is 0 Å². The molecule has 0 aromatic heterocycles. The molecule has 4 nitrogen and oxygen atoms in total. The second-order valence-corrected chi connectivity index (χ2v) is 4.65. The van der Waals surface area contributed by atoms with Crippen molar-refractivity contribution < 1.29 is 4.79 Å². The standard InChI is InChI=1S/C15H21N3O/c1-5-7-12(6-2)17-15(19)11-8-9-14(18(3)4)13(16)10-11/h2,8-10,12H,5,7,16H2,1,3-4H3,(H,17,19). The van der Waals surface area contributed by atoms with Gasteiger partial charge in [0.05, 0.1) is 17.4 Å². The average molecular weight is 259 g/mol. The van der Waals surface area contributed by atoms with Crippen molar-refractivity contribution in [1.29, 1.82) is 0 Å². The lowest BCUT2D eigenvalue weighted by molar-refractivity contribution is 0.0944. The number of nitrogens with two attached hydrogens (primary N) is 1. The molecule has 0 aliphatic rings. The van der Waals surface area contributed by atoms with Gasteiger partial charge in [0, 0.05) is 19.7 Å². The molecule has 1 aromatic carbocycles. The van der Waals surface area contributed by atoms with E-state index in [1.54, 1.807) is 12.1 Å². The Hall–Kier alpha value is -2.15. The molecular weight excluding hydrogens is 238 g/mol. The lowest BCUT2D eigenvalue weighted by atomic mass is 10.1. The molecule has 0 aliphatic carbocycles. The third kappa shape index (κ3) is 3.92. The maximum atomic E-state index is 12.0. The van der Waals surface area contributed by atoms with Gasteiger partial charge in [0.2, 0.25) is 0 Å². The number of hydrogen-bond acceptors (Lipinski definition) is 3. The van der Waals surface area contributed by atoms with Gasteiger partial charge in [-0.15, -0.1) is 6.42 Å². The molecule has 0 aliphatic heterocycles. The predicted octanol–water partition coefficient (Wildman–Crippen LogP) is 1.87. The number of carbonyl (C=O) groups is 1. The van der Waals surface area contributed by atoms with Gasteiger partial charge >= 0.3 is 0 Å². The highest BCUT2D eigenvalue weighted by molar-refractivity contribution is 5.96. The van der Waals surface area contributed by atoms with E-state index in [2.05, 4.69) is 11.2 Å². The van der Waals surface area contributed by atoms with Crippen molar-refractivity contribution in [1.82, 2.24) is 5.32 Å². The van der Waals surface area contributed by atoms with Crippen LogP contribution in [0, 0.1) is 12.3 Å². The third-order valence-electron chi connectivity index (χ3n) is 2.86. The maximum Gasteiger partial charge on any atom is 0.252 e. The number of nitrogens with one attached hydrogen (secondary N) is 1. The van der Waals surface area contributed by atoms with Crippen molar-refractivity contribution in [2.24, 2.45) is 0 Å². The molecule has 102 valence electrons. The van der Waals surface area contributed by atoms with Crippen molar-refractivity contribution >= 4 is 17.3 Å². The predicted molar refractivity (Wildman–Crippen MR) is 80.2 cm³/mol. The summed E-state index contributed by atoms with van der Waals surface area (Å²) < 4.78 is 0. The van der Waals surface area contributed by atoms with Gasteiger partial charge in [0.15, 0.2) is 0 Å². The van der Waals surface area contributed by atoms with Crippen molar-refractivity contribution in [2.75, 3.05) is 24.7 Å². The summed E-state index contributed by atoms with van der Waals surface area (Å²) in [5, 5.41) is 2.82. The minimum atomic E-state index is -0.229. The van der Waals surface area contributed by atoms with Gasteiger partial charge in [-0.3, -0.25) is 4.79 Å². The first-order chi connectivity index (χ1) is 8.99. The summed E-state index contributed by atoms with van der Waals surface area (Å²) in [4.78, 5) is 13.9. The minimum Gasteiger partial charge on any atom is -0.397 e. The number of benzene rings is 1. The monoisotopic (exact) mass is 259 g/mol. The first kappa shape index (κ1) is 14.9. The second kappa shape index (κ2) is 6.69. The zero-order valence-corrected chi connectivity index (χ0v) is 11.7. The second-order valence-electron chi connectivity index (χ2n) is 4.65. The fourth-order valence-electron chi connectivity index (χ4n) is 1.83. The van der Waals surface area contributed by atoms with Crippen LogP contribution in [0.1, 0.15) is 30.1 Å². The van der Waals surface area contributed by atoms with Gasteiger partial charge < -0.3 is 16.0 Å². The van der Waals surface area contributed by atoms with E-state index in [-0.39, 0.29) is 11.9 Å². The highest BCUT2D eigenvalue weighted by Crippen LogP contribution is 2.22. The van der Waals surface area contributed by atoms with E-state index in [0.29, 0.717) is 11.3 Å². The van der Waals surface area contributed by atoms with Crippen LogP contribution in [0.25, 0.3) is 0 Å². The van der Waals surface area contributed by atoms with E-state index < -0.39 is 0 Å². The molecule has 0 fully saturated rings. The average Bonchev–Trinajstić information content (AvgIpc) is 2.37. The van der Waals surface area contributed by atoms with Gasteiger partial charge in [-0.2, -0.15) is 0 Å². The Morgan fingerprint density at radius 1 is 1.53 bits per heavy atom. The van der Waals surface area contributed by atoms with Crippen molar-refractivity contribution in [3.05, 3.63) is 23.8 Å². The summed E-state index contributed by atoms with van der Waals surface area (Å²) in [5.41, 5.74) is 7.91. The van der Waals surface area contributed by atoms with E-state index in [9.17, 15) is 4.79 Å². The molecule has 1 atom stereocenters. The number of rotatable bonds is 5. The van der Waals surface area contributed by atoms with Crippen LogP contribution in [-0.4, -0.2) is 26.0 Å². The summed E-state index contributed by atoms with van der Waals surface area (Å²) in [6.07, 6.45) is 7.08. The first-order valence-corrected chi connectivity index (χ1v) is 6.33. The van der Waals surface area contributed by atoms with E-state index in [0.717, 1.165) is 18.5 Å². The third-order valence-corrected chi connectivity index (χ3v) is 2.86. The Kier molecular flexibility index (Phi) is 5.25. The van der Waals surface area contributed by atoms with Crippen LogP contribution in [-0.2, 0) is 0 Å². The van der Waals surface area contributed by atoms with Gasteiger partial charge in [-0.05, 0) is 24.6 Å². The SMILES string of the molecule is C#CC(CCC)NC(=O)c1ccc(N(C)C)c(N)c1. The molecule has 4 heteroatoms. The molecule has 3 N–H and O–H groups in total. The summed E-state index contributed by atoms with van der Waals surface area (Å²) in [7, 11) is 3.81. The fraction of sp³-hybridized carbons (Fsp3) is 0.400. The summed E-state index contributed by atoms with van der Waals surface area (Å²) in [6, 6.07) is 5.02. The Morgan fingerprint density at radius 2 is 2.21 bits per heavy atom. The van der Waals surface area contributed by atoms with Crippen LogP contribution in [0.5, 0.6) is 0 Å². The van der Waals surface area contributed by atoms with E-state index in [4.69, 9.17) is 12.2 Å². The lowest BCUT2D eigenvalue weighted by Crippen LogP contribution is -2.33. The lowest BCUT2D eigenvalue weighted by Gasteiger charge is -2.17. The van der Waals surface area contributed by atoms with E-state index in [1.165, 1.54) is 0 Å². The number of nitrogen functional groups attached to an aromatic ring is 1. The maximum absolute atomic E-state index is 12.0. The van der Waals surface area contributed by atoms with Crippen LogP contribution >= 0.6 is 0 Å².